The third-order valence-electron chi connectivity index (χ3n) is 3.65. The van der Waals surface area contributed by atoms with Crippen molar-refractivity contribution in [3.8, 4) is 5.82 Å². The largest absolute Gasteiger partial charge is 0.325 e. The minimum Gasteiger partial charge on any atom is -0.325 e. The number of aromatic nitrogens is 4. The van der Waals surface area contributed by atoms with Crippen LogP contribution in [0.5, 0.6) is 0 Å². The molecule has 8 heteroatoms. The molecule has 0 aliphatic rings. The monoisotopic (exact) mass is 371 g/mol. The highest BCUT2D eigenvalue weighted by Gasteiger charge is 2.14. The van der Waals surface area contributed by atoms with Crippen LogP contribution in [-0.2, 0) is 4.79 Å². The highest BCUT2D eigenvalue weighted by Crippen LogP contribution is 2.23. The van der Waals surface area contributed by atoms with E-state index in [2.05, 4.69) is 20.4 Å². The van der Waals surface area contributed by atoms with Gasteiger partial charge in [-0.15, -0.1) is 0 Å². The lowest BCUT2D eigenvalue weighted by Gasteiger charge is -2.09. The first-order valence-electron chi connectivity index (χ1n) is 7.97. The summed E-state index contributed by atoms with van der Waals surface area (Å²) in [5.74, 6) is 0.109. The van der Waals surface area contributed by atoms with Gasteiger partial charge in [0.15, 0.2) is 5.82 Å². The van der Waals surface area contributed by atoms with Crippen LogP contribution in [0.1, 0.15) is 17.0 Å². The number of rotatable bonds is 5. The molecule has 0 aliphatic carbocycles. The van der Waals surface area contributed by atoms with Crippen molar-refractivity contribution in [2.75, 3.05) is 11.1 Å². The third-order valence-corrected chi connectivity index (χ3v) is 4.62. The minimum atomic E-state index is -0.351. The van der Waals surface area contributed by atoms with Crippen LogP contribution in [0.25, 0.3) is 5.82 Å². The van der Waals surface area contributed by atoms with E-state index >= 15 is 0 Å². The number of benzene rings is 1. The van der Waals surface area contributed by atoms with Crippen molar-refractivity contribution in [1.82, 2.24) is 19.7 Å². The Morgan fingerprint density at radius 3 is 2.65 bits per heavy atom. The van der Waals surface area contributed by atoms with Gasteiger partial charge in [-0.25, -0.2) is 19.0 Å². The smallest absolute Gasteiger partial charge is 0.234 e. The number of nitrogens with one attached hydrogen (secondary N) is 1. The molecule has 3 aromatic rings. The van der Waals surface area contributed by atoms with Crippen LogP contribution >= 0.6 is 11.8 Å². The van der Waals surface area contributed by atoms with Gasteiger partial charge in [-0.1, -0.05) is 17.8 Å². The van der Waals surface area contributed by atoms with E-state index in [1.165, 1.54) is 17.8 Å². The van der Waals surface area contributed by atoms with Gasteiger partial charge in [0, 0.05) is 23.8 Å². The summed E-state index contributed by atoms with van der Waals surface area (Å²) in [7, 11) is 0. The molecule has 1 N–H and O–H groups in total. The molecule has 0 radical (unpaired) electrons. The van der Waals surface area contributed by atoms with Crippen LogP contribution in [0.15, 0.2) is 41.7 Å². The van der Waals surface area contributed by atoms with Gasteiger partial charge in [-0.2, -0.15) is 5.10 Å². The average Bonchev–Trinajstić information content (AvgIpc) is 2.95. The summed E-state index contributed by atoms with van der Waals surface area (Å²) in [5.41, 5.74) is 2.77. The summed E-state index contributed by atoms with van der Waals surface area (Å²) in [6, 6.07) is 6.55. The van der Waals surface area contributed by atoms with Crippen LogP contribution in [-0.4, -0.2) is 31.4 Å². The fraction of sp³-hybridized carbons (Fsp3) is 0.222. The van der Waals surface area contributed by atoms with Crippen LogP contribution in [0.2, 0.25) is 0 Å². The van der Waals surface area contributed by atoms with Crippen molar-refractivity contribution >= 4 is 23.4 Å². The zero-order valence-corrected chi connectivity index (χ0v) is 15.5. The van der Waals surface area contributed by atoms with Crippen LogP contribution in [0.3, 0.4) is 0 Å². The van der Waals surface area contributed by atoms with E-state index in [0.29, 0.717) is 22.1 Å². The minimum absolute atomic E-state index is 0.125. The van der Waals surface area contributed by atoms with Crippen LogP contribution in [0.4, 0.5) is 10.1 Å². The summed E-state index contributed by atoms with van der Waals surface area (Å²) >= 11 is 1.25. The fourth-order valence-electron chi connectivity index (χ4n) is 2.41. The number of aryl methyl sites for hydroxylation is 3. The zero-order valence-electron chi connectivity index (χ0n) is 14.7. The van der Waals surface area contributed by atoms with E-state index < -0.39 is 0 Å². The number of amides is 1. The SMILES string of the molecule is Cc1cc(C)n(-c2nccnc2SCC(=O)Nc2ccc(C)c(F)c2)n1. The van der Waals surface area contributed by atoms with Crippen molar-refractivity contribution in [3.05, 3.63) is 59.4 Å². The Morgan fingerprint density at radius 2 is 1.96 bits per heavy atom. The normalized spacial score (nSPS) is 10.8. The van der Waals surface area contributed by atoms with Gasteiger partial charge in [-0.05, 0) is 44.5 Å². The molecule has 0 aliphatic heterocycles. The van der Waals surface area contributed by atoms with Gasteiger partial charge in [-0.3, -0.25) is 4.79 Å². The maximum absolute atomic E-state index is 13.6. The third kappa shape index (κ3) is 4.08. The van der Waals surface area contributed by atoms with Gasteiger partial charge >= 0.3 is 0 Å². The Kier molecular flexibility index (Phi) is 5.32. The van der Waals surface area contributed by atoms with Gasteiger partial charge in [0.05, 0.1) is 11.4 Å². The quantitative estimate of drug-likeness (QED) is 0.696. The highest BCUT2D eigenvalue weighted by molar-refractivity contribution is 8.00. The number of nitrogens with zero attached hydrogens (tertiary/aromatic N) is 4. The van der Waals surface area contributed by atoms with E-state index in [9.17, 15) is 9.18 Å². The molecule has 1 amide bonds. The molecule has 134 valence electrons. The molecule has 0 saturated carbocycles. The second-order valence-corrected chi connectivity index (χ2v) is 6.79. The molecule has 2 aromatic heterocycles. The molecule has 0 saturated heterocycles. The molecule has 0 spiro atoms. The number of hydrogen-bond donors (Lipinski definition) is 1. The number of carbonyl (C=O) groups is 1. The molecule has 26 heavy (non-hydrogen) atoms. The maximum atomic E-state index is 13.6. The molecule has 3 rings (SSSR count). The van der Waals surface area contributed by atoms with Crippen molar-refractivity contribution in [3.63, 3.8) is 0 Å². The second-order valence-electron chi connectivity index (χ2n) is 5.82. The predicted octanol–water partition coefficient (Wildman–Crippen LogP) is 3.46. The first-order valence-corrected chi connectivity index (χ1v) is 8.96. The number of thioether (sulfide) groups is 1. The topological polar surface area (TPSA) is 72.7 Å². The molecule has 0 unspecified atom stereocenters. The fourth-order valence-corrected chi connectivity index (χ4v) is 3.15. The van der Waals surface area contributed by atoms with Crippen LogP contribution in [0, 0.1) is 26.6 Å². The van der Waals surface area contributed by atoms with E-state index in [1.54, 1.807) is 36.1 Å². The lowest BCUT2D eigenvalue weighted by atomic mass is 10.2. The van der Waals surface area contributed by atoms with Crippen LogP contribution < -0.4 is 5.32 Å². The van der Waals surface area contributed by atoms with Gasteiger partial charge < -0.3 is 5.32 Å². The summed E-state index contributed by atoms with van der Waals surface area (Å²) in [6.45, 7) is 5.51. The number of hydrogen-bond acceptors (Lipinski definition) is 5. The standard InChI is InChI=1S/C18H18FN5OS/c1-11-4-5-14(9-15(11)19)22-16(25)10-26-18-17(20-6-7-21-18)24-13(3)8-12(2)23-24/h4-9H,10H2,1-3H3,(H,22,25). The lowest BCUT2D eigenvalue weighted by Crippen LogP contribution is -2.15. The van der Waals surface area contributed by atoms with Crippen molar-refractivity contribution in [2.45, 2.75) is 25.8 Å². The first-order chi connectivity index (χ1) is 12.4. The molecule has 0 bridgehead atoms. The Hall–Kier alpha value is -2.74. The first kappa shape index (κ1) is 18.1. The Balaban J connectivity index is 1.71. The molecular weight excluding hydrogens is 353 g/mol. The number of anilines is 1. The maximum Gasteiger partial charge on any atom is 0.234 e. The van der Waals surface area contributed by atoms with Crippen molar-refractivity contribution in [1.29, 1.82) is 0 Å². The number of halogens is 1. The predicted molar refractivity (Wildman–Crippen MR) is 99.1 cm³/mol. The summed E-state index contributed by atoms with van der Waals surface area (Å²) in [4.78, 5) is 20.8. The Bertz CT molecular complexity index is 957. The Morgan fingerprint density at radius 1 is 1.19 bits per heavy atom. The van der Waals surface area contributed by atoms with Crippen molar-refractivity contribution < 1.29 is 9.18 Å². The highest BCUT2D eigenvalue weighted by atomic mass is 32.2. The zero-order chi connectivity index (χ0) is 18.7. The molecule has 1 aromatic carbocycles. The van der Waals surface area contributed by atoms with E-state index in [-0.39, 0.29) is 17.5 Å². The second kappa shape index (κ2) is 7.65. The van der Waals surface area contributed by atoms with Gasteiger partial charge in [0.1, 0.15) is 10.8 Å². The molecular formula is C18H18FN5OS. The van der Waals surface area contributed by atoms with E-state index in [4.69, 9.17) is 0 Å². The van der Waals surface area contributed by atoms with Gasteiger partial charge in [0.2, 0.25) is 5.91 Å². The molecule has 2 heterocycles. The number of carbonyl (C=O) groups excluding carboxylic acids is 1. The van der Waals surface area contributed by atoms with Crippen molar-refractivity contribution in [2.24, 2.45) is 0 Å². The van der Waals surface area contributed by atoms with E-state index in [1.807, 2.05) is 19.9 Å². The summed E-state index contributed by atoms with van der Waals surface area (Å²) in [5, 5.41) is 7.70. The molecule has 6 nitrogen and oxygen atoms in total. The van der Waals surface area contributed by atoms with Gasteiger partial charge in [0.25, 0.3) is 0 Å². The average molecular weight is 371 g/mol. The Labute approximate surface area is 154 Å². The summed E-state index contributed by atoms with van der Waals surface area (Å²) in [6.07, 6.45) is 3.16. The summed E-state index contributed by atoms with van der Waals surface area (Å²) < 4.78 is 15.3. The molecule has 0 fully saturated rings. The van der Waals surface area contributed by atoms with E-state index in [0.717, 1.165) is 11.4 Å². The molecule has 0 atom stereocenters. The lowest BCUT2D eigenvalue weighted by molar-refractivity contribution is -0.113.